The summed E-state index contributed by atoms with van der Waals surface area (Å²) in [4.78, 5) is 7.74. The lowest BCUT2D eigenvalue weighted by molar-refractivity contribution is 0.722. The number of nitrogens with zero attached hydrogens (tertiary/aromatic N) is 1. The molecule has 2 spiro atoms. The number of hydrogen-bond donors (Lipinski definition) is 0. The maximum Gasteiger partial charge on any atom is 0.0736 e. The van der Waals surface area contributed by atoms with Crippen LogP contribution in [-0.4, -0.2) is 0 Å². The maximum atomic E-state index is 2.52. The number of fused-ring (bicyclic) bond motifs is 19. The van der Waals surface area contributed by atoms with Gasteiger partial charge in [0.25, 0.3) is 0 Å². The van der Waals surface area contributed by atoms with E-state index in [2.05, 4.69) is 254 Å². The van der Waals surface area contributed by atoms with Crippen LogP contribution in [0, 0.1) is 0 Å². The molecule has 15 rings (SSSR count). The van der Waals surface area contributed by atoms with E-state index in [1.807, 2.05) is 23.5 Å². The molecule has 0 amide bonds. The largest absolute Gasteiger partial charge is 0.310 e. The van der Waals surface area contributed by atoms with Crippen LogP contribution in [0.25, 0.3) is 44.2 Å². The van der Waals surface area contributed by atoms with Crippen LogP contribution < -0.4 is 4.90 Å². The minimum atomic E-state index is -0.491. The van der Waals surface area contributed by atoms with Gasteiger partial charge in [0.1, 0.15) is 0 Å². The highest BCUT2D eigenvalue weighted by atomic mass is 32.2. The van der Waals surface area contributed by atoms with Gasteiger partial charge in [-0.15, -0.1) is 0 Å². The lowest BCUT2D eigenvalue weighted by Gasteiger charge is -2.40. The Morgan fingerprint density at radius 2 is 0.652 bits per heavy atom. The van der Waals surface area contributed by atoms with E-state index < -0.39 is 10.8 Å². The van der Waals surface area contributed by atoms with E-state index in [0.717, 1.165) is 17.1 Å². The average molecular weight is 912 g/mol. The summed E-state index contributed by atoms with van der Waals surface area (Å²) in [5.41, 5.74) is 20.7. The molecule has 0 fully saturated rings. The van der Waals surface area contributed by atoms with Crippen molar-refractivity contribution in [3.8, 4) is 33.4 Å². The molecule has 11 aromatic carbocycles. The van der Waals surface area contributed by atoms with Crippen LogP contribution in [0.4, 0.5) is 17.1 Å². The first-order chi connectivity index (χ1) is 34.2. The van der Waals surface area contributed by atoms with Crippen molar-refractivity contribution in [3.05, 3.63) is 293 Å². The second kappa shape index (κ2) is 14.8. The van der Waals surface area contributed by atoms with E-state index in [0.29, 0.717) is 0 Å². The predicted octanol–water partition coefficient (Wildman–Crippen LogP) is 17.6. The topological polar surface area (TPSA) is 3.24 Å². The van der Waals surface area contributed by atoms with Crippen molar-refractivity contribution in [2.24, 2.45) is 0 Å². The Kier molecular flexibility index (Phi) is 8.43. The van der Waals surface area contributed by atoms with Gasteiger partial charge >= 0.3 is 0 Å². The van der Waals surface area contributed by atoms with Gasteiger partial charge in [0.15, 0.2) is 0 Å². The molecule has 0 saturated carbocycles. The van der Waals surface area contributed by atoms with Crippen LogP contribution in [0.5, 0.6) is 0 Å². The van der Waals surface area contributed by atoms with Crippen LogP contribution in [0.2, 0.25) is 0 Å². The molecule has 11 aromatic rings. The highest BCUT2D eigenvalue weighted by molar-refractivity contribution is 7.99. The van der Waals surface area contributed by atoms with Crippen molar-refractivity contribution < 1.29 is 0 Å². The van der Waals surface area contributed by atoms with Crippen molar-refractivity contribution in [3.63, 3.8) is 0 Å². The average Bonchev–Trinajstić information content (AvgIpc) is 3.86. The quantitative estimate of drug-likeness (QED) is 0.173. The van der Waals surface area contributed by atoms with Gasteiger partial charge in [0.2, 0.25) is 0 Å². The summed E-state index contributed by atoms with van der Waals surface area (Å²) in [5, 5.41) is 2.50. The summed E-state index contributed by atoms with van der Waals surface area (Å²) >= 11 is 3.78. The second-order valence-electron chi connectivity index (χ2n) is 18.7. The molecule has 0 radical (unpaired) electrons. The lowest BCUT2D eigenvalue weighted by Crippen LogP contribution is -2.32. The van der Waals surface area contributed by atoms with Gasteiger partial charge in [-0.2, -0.15) is 0 Å². The van der Waals surface area contributed by atoms with E-state index in [9.17, 15) is 0 Å². The first-order valence-corrected chi connectivity index (χ1v) is 25.4. The Morgan fingerprint density at radius 1 is 0.246 bits per heavy atom. The summed E-state index contributed by atoms with van der Waals surface area (Å²) in [6, 6.07) is 93.8. The van der Waals surface area contributed by atoms with Gasteiger partial charge in [0.05, 0.1) is 10.8 Å². The van der Waals surface area contributed by atoms with Crippen LogP contribution >= 0.6 is 23.5 Å². The fourth-order valence-electron chi connectivity index (χ4n) is 12.6. The zero-order valence-electron chi connectivity index (χ0n) is 37.4. The second-order valence-corrected chi connectivity index (χ2v) is 20.9. The molecule has 69 heavy (non-hydrogen) atoms. The van der Waals surface area contributed by atoms with Gasteiger partial charge < -0.3 is 4.90 Å². The molecule has 0 saturated heterocycles. The third kappa shape index (κ3) is 5.40. The summed E-state index contributed by atoms with van der Waals surface area (Å²) in [5.74, 6) is 0. The van der Waals surface area contributed by atoms with Crippen molar-refractivity contribution in [1.82, 2.24) is 0 Å². The van der Waals surface area contributed by atoms with E-state index >= 15 is 0 Å². The third-order valence-electron chi connectivity index (χ3n) is 15.4. The SMILES string of the molecule is c1ccc2c(c1)Sc1ccccc1C21c2ccccc2-c2cc(N(c3ccc(-c4ccc5ccccc5c4)cc3)c3ccc4c(c3)C3(c5ccccc5Sc5ccccc53)c3ccccc3-4)ccc21. The Balaban J connectivity index is 0.972. The highest BCUT2D eigenvalue weighted by Crippen LogP contribution is 2.65. The Bertz CT molecular complexity index is 3850. The number of hydrogen-bond acceptors (Lipinski definition) is 3. The lowest BCUT2D eigenvalue weighted by atomic mass is 9.67. The molecular formula is C66H41NS2. The van der Waals surface area contributed by atoms with Gasteiger partial charge in [-0.3, -0.25) is 0 Å². The first kappa shape index (κ1) is 39.2. The molecule has 0 atom stereocenters. The summed E-state index contributed by atoms with van der Waals surface area (Å²) in [6.45, 7) is 0. The number of anilines is 3. The highest BCUT2D eigenvalue weighted by Gasteiger charge is 2.52. The van der Waals surface area contributed by atoms with Crippen molar-refractivity contribution >= 4 is 51.4 Å². The summed E-state index contributed by atoms with van der Waals surface area (Å²) < 4.78 is 0. The third-order valence-corrected chi connectivity index (χ3v) is 17.7. The molecule has 2 aliphatic heterocycles. The van der Waals surface area contributed by atoms with E-state index in [1.54, 1.807) is 0 Å². The Hall–Kier alpha value is -7.82. The van der Waals surface area contributed by atoms with E-state index in [-0.39, 0.29) is 0 Å². The smallest absolute Gasteiger partial charge is 0.0736 e. The van der Waals surface area contributed by atoms with Gasteiger partial charge in [-0.25, -0.2) is 0 Å². The maximum absolute atomic E-state index is 2.52. The first-order valence-electron chi connectivity index (χ1n) is 23.8. The van der Waals surface area contributed by atoms with Gasteiger partial charge in [-0.05, 0) is 155 Å². The zero-order valence-corrected chi connectivity index (χ0v) is 39.1. The molecule has 3 heteroatoms. The molecule has 2 heterocycles. The minimum absolute atomic E-state index is 0.444. The monoisotopic (exact) mass is 911 g/mol. The Labute approximate surface area is 410 Å². The fourth-order valence-corrected chi connectivity index (χ4v) is 15.0. The molecule has 0 N–H and O–H groups in total. The molecule has 1 nitrogen and oxygen atoms in total. The standard InChI is InChI=1S/C66H41NS2/c1-2-16-44-39-45(30-29-42(44)15-1)43-31-33-46(34-32-43)67(47-36-38-55-52(40-47)50-18-4-6-20-54(50)65(55)56-21-7-11-25-61(56)68-62-26-12-8-22-57(62)65)48-35-37-51-49-17-3-5-19-53(49)66(60(51)41-48)58-23-9-13-27-63(58)69-64-28-14-10-24-59(64)66/h1-41H. The van der Waals surface area contributed by atoms with Gasteiger partial charge in [-0.1, -0.05) is 206 Å². The van der Waals surface area contributed by atoms with Gasteiger partial charge in [0, 0.05) is 36.6 Å². The predicted molar refractivity (Wildman–Crippen MR) is 287 cm³/mol. The molecule has 2 aliphatic carbocycles. The number of rotatable bonds is 4. The van der Waals surface area contributed by atoms with Crippen molar-refractivity contribution in [2.75, 3.05) is 4.90 Å². The van der Waals surface area contributed by atoms with Crippen molar-refractivity contribution in [1.29, 1.82) is 0 Å². The molecule has 0 aromatic heterocycles. The molecule has 322 valence electrons. The summed E-state index contributed by atoms with van der Waals surface area (Å²) in [7, 11) is 0. The summed E-state index contributed by atoms with van der Waals surface area (Å²) in [6.07, 6.45) is 0. The molecule has 0 bridgehead atoms. The van der Waals surface area contributed by atoms with Crippen molar-refractivity contribution in [2.45, 2.75) is 30.4 Å². The van der Waals surface area contributed by atoms with E-state index in [1.165, 1.54) is 108 Å². The van der Waals surface area contributed by atoms with Crippen LogP contribution in [0.3, 0.4) is 0 Å². The molecule has 0 unspecified atom stereocenters. The van der Waals surface area contributed by atoms with E-state index in [4.69, 9.17) is 0 Å². The van der Waals surface area contributed by atoms with Crippen LogP contribution in [0.15, 0.2) is 268 Å². The minimum Gasteiger partial charge on any atom is -0.310 e. The molecule has 4 aliphatic rings. The van der Waals surface area contributed by atoms with Crippen LogP contribution in [0.1, 0.15) is 44.5 Å². The zero-order chi connectivity index (χ0) is 45.3. The fraction of sp³-hybridized carbons (Fsp3) is 0.0303. The molecular weight excluding hydrogens is 871 g/mol. The normalized spacial score (nSPS) is 14.5. The van der Waals surface area contributed by atoms with Crippen LogP contribution in [-0.2, 0) is 10.8 Å². The number of benzene rings is 11. The Morgan fingerprint density at radius 3 is 1.25 bits per heavy atom.